The van der Waals surface area contributed by atoms with Crippen molar-refractivity contribution in [2.24, 2.45) is 5.41 Å². The first-order chi connectivity index (χ1) is 8.52. The Balaban J connectivity index is 2.43. The molecule has 5 heteroatoms. The zero-order valence-corrected chi connectivity index (χ0v) is 11.4. The summed E-state index contributed by atoms with van der Waals surface area (Å²) in [7, 11) is 1.74. The molecule has 0 aromatic carbocycles. The molecule has 1 rings (SSSR count). The van der Waals surface area contributed by atoms with Crippen molar-refractivity contribution in [1.29, 1.82) is 0 Å². The molecule has 104 valence electrons. The summed E-state index contributed by atoms with van der Waals surface area (Å²) < 4.78 is 0. The first-order valence-corrected chi connectivity index (χ1v) is 6.74. The molecule has 0 unspecified atom stereocenters. The van der Waals surface area contributed by atoms with Gasteiger partial charge in [-0.05, 0) is 19.3 Å². The second kappa shape index (κ2) is 6.61. The van der Waals surface area contributed by atoms with Crippen LogP contribution in [0.25, 0.3) is 0 Å². The third-order valence-electron chi connectivity index (χ3n) is 3.79. The van der Waals surface area contributed by atoms with Gasteiger partial charge in [0.15, 0.2) is 0 Å². The molecule has 1 fully saturated rings. The van der Waals surface area contributed by atoms with Crippen molar-refractivity contribution in [2.75, 3.05) is 20.1 Å². The number of hydrogen-bond acceptors (Lipinski definition) is 2. The molecule has 2 N–H and O–H groups in total. The van der Waals surface area contributed by atoms with E-state index in [0.29, 0.717) is 19.4 Å². The van der Waals surface area contributed by atoms with Crippen molar-refractivity contribution in [2.45, 2.75) is 45.4 Å². The fourth-order valence-electron chi connectivity index (χ4n) is 2.39. The maximum atomic E-state index is 11.8. The topological polar surface area (TPSA) is 69.6 Å². The lowest BCUT2D eigenvalue weighted by Crippen LogP contribution is -2.45. The van der Waals surface area contributed by atoms with Gasteiger partial charge in [-0.3, -0.25) is 4.79 Å². The van der Waals surface area contributed by atoms with Crippen LogP contribution >= 0.6 is 0 Å². The predicted molar refractivity (Wildman–Crippen MR) is 69.5 cm³/mol. The summed E-state index contributed by atoms with van der Waals surface area (Å²) in [6.07, 6.45) is 5.22. The fraction of sp³-hybridized carbons (Fsp3) is 0.846. The number of carbonyl (C=O) groups excluding carboxylic acids is 1. The highest BCUT2D eigenvalue weighted by Gasteiger charge is 2.41. The summed E-state index contributed by atoms with van der Waals surface area (Å²) in [6.45, 7) is 3.03. The lowest BCUT2D eigenvalue weighted by molar-refractivity contribution is -0.148. The number of carboxylic acid groups (broad SMARTS) is 1. The molecule has 1 saturated carbocycles. The van der Waals surface area contributed by atoms with Gasteiger partial charge >= 0.3 is 12.0 Å². The van der Waals surface area contributed by atoms with E-state index in [2.05, 4.69) is 12.2 Å². The van der Waals surface area contributed by atoms with E-state index in [0.717, 1.165) is 25.7 Å². The molecule has 18 heavy (non-hydrogen) atoms. The van der Waals surface area contributed by atoms with Gasteiger partial charge in [-0.2, -0.15) is 0 Å². The van der Waals surface area contributed by atoms with Crippen LogP contribution in [-0.2, 0) is 4.79 Å². The van der Waals surface area contributed by atoms with Crippen LogP contribution in [0.5, 0.6) is 0 Å². The predicted octanol–water partition coefficient (Wildman–Crippen LogP) is 2.07. The molecular weight excluding hydrogens is 232 g/mol. The lowest BCUT2D eigenvalue weighted by Gasteiger charge is -2.26. The van der Waals surface area contributed by atoms with Crippen LogP contribution in [0.2, 0.25) is 0 Å². The van der Waals surface area contributed by atoms with Gasteiger partial charge in [0, 0.05) is 20.1 Å². The SMILES string of the molecule is CCCCN(C)C(=O)NCC1(C(=O)O)CCCC1. The maximum Gasteiger partial charge on any atom is 0.317 e. The molecule has 0 bridgehead atoms. The summed E-state index contributed by atoms with van der Waals surface area (Å²) in [6, 6.07) is -0.170. The quantitative estimate of drug-likeness (QED) is 0.764. The second-order valence-electron chi connectivity index (χ2n) is 5.23. The molecular formula is C13H24N2O3. The van der Waals surface area contributed by atoms with E-state index in [-0.39, 0.29) is 12.6 Å². The maximum absolute atomic E-state index is 11.8. The number of nitrogens with zero attached hydrogens (tertiary/aromatic N) is 1. The Hall–Kier alpha value is -1.26. The van der Waals surface area contributed by atoms with Crippen LogP contribution in [-0.4, -0.2) is 42.1 Å². The van der Waals surface area contributed by atoms with Gasteiger partial charge in [-0.25, -0.2) is 4.79 Å². The van der Waals surface area contributed by atoms with Gasteiger partial charge in [0.05, 0.1) is 5.41 Å². The first-order valence-electron chi connectivity index (χ1n) is 6.74. The summed E-state index contributed by atoms with van der Waals surface area (Å²) in [5.41, 5.74) is -0.735. The molecule has 0 heterocycles. The van der Waals surface area contributed by atoms with Crippen molar-refractivity contribution >= 4 is 12.0 Å². The molecule has 5 nitrogen and oxygen atoms in total. The Labute approximate surface area is 109 Å². The smallest absolute Gasteiger partial charge is 0.317 e. The minimum Gasteiger partial charge on any atom is -0.481 e. The fourth-order valence-corrected chi connectivity index (χ4v) is 2.39. The number of amides is 2. The van der Waals surface area contributed by atoms with E-state index in [1.54, 1.807) is 11.9 Å². The Morgan fingerprint density at radius 1 is 1.33 bits per heavy atom. The van der Waals surface area contributed by atoms with Crippen molar-refractivity contribution < 1.29 is 14.7 Å². The number of nitrogens with one attached hydrogen (secondary N) is 1. The van der Waals surface area contributed by atoms with E-state index in [9.17, 15) is 14.7 Å². The number of rotatable bonds is 6. The number of carboxylic acids is 1. The zero-order chi connectivity index (χ0) is 13.6. The van der Waals surface area contributed by atoms with E-state index in [1.807, 2.05) is 0 Å². The molecule has 0 spiro atoms. The molecule has 1 aliphatic carbocycles. The Morgan fingerprint density at radius 2 is 1.94 bits per heavy atom. The third kappa shape index (κ3) is 3.62. The standard InChI is InChI=1S/C13H24N2O3/c1-3-4-9-15(2)12(18)14-10-13(11(16)17)7-5-6-8-13/h3-10H2,1-2H3,(H,14,18)(H,16,17). The van der Waals surface area contributed by atoms with Crippen LogP contribution in [0.4, 0.5) is 4.79 Å². The minimum atomic E-state index is -0.781. The average molecular weight is 256 g/mol. The molecule has 2 amide bonds. The Morgan fingerprint density at radius 3 is 2.44 bits per heavy atom. The van der Waals surface area contributed by atoms with Crippen LogP contribution in [0.15, 0.2) is 0 Å². The highest BCUT2D eigenvalue weighted by atomic mass is 16.4. The highest BCUT2D eigenvalue weighted by molar-refractivity contribution is 5.78. The number of unbranched alkanes of at least 4 members (excludes halogenated alkanes) is 1. The summed E-state index contributed by atoms with van der Waals surface area (Å²) in [5.74, 6) is -0.781. The second-order valence-corrected chi connectivity index (χ2v) is 5.23. The van der Waals surface area contributed by atoms with E-state index < -0.39 is 11.4 Å². The number of hydrogen-bond donors (Lipinski definition) is 2. The number of aliphatic carboxylic acids is 1. The van der Waals surface area contributed by atoms with Crippen LogP contribution in [0.1, 0.15) is 45.4 Å². The lowest BCUT2D eigenvalue weighted by atomic mass is 9.86. The molecule has 0 aromatic rings. The van der Waals surface area contributed by atoms with Crippen LogP contribution < -0.4 is 5.32 Å². The molecule has 0 saturated heterocycles. The Kier molecular flexibility index (Phi) is 5.44. The highest BCUT2D eigenvalue weighted by Crippen LogP contribution is 2.37. The van der Waals surface area contributed by atoms with Gasteiger partial charge in [0.2, 0.25) is 0 Å². The monoisotopic (exact) mass is 256 g/mol. The van der Waals surface area contributed by atoms with Gasteiger partial charge in [0.25, 0.3) is 0 Å². The van der Waals surface area contributed by atoms with Crippen molar-refractivity contribution in [3.63, 3.8) is 0 Å². The van der Waals surface area contributed by atoms with Crippen LogP contribution in [0.3, 0.4) is 0 Å². The normalized spacial score (nSPS) is 17.4. The van der Waals surface area contributed by atoms with Crippen molar-refractivity contribution in [3.05, 3.63) is 0 Å². The molecule has 0 radical (unpaired) electrons. The van der Waals surface area contributed by atoms with E-state index in [1.165, 1.54) is 0 Å². The average Bonchev–Trinajstić information content (AvgIpc) is 2.83. The van der Waals surface area contributed by atoms with E-state index in [4.69, 9.17) is 0 Å². The molecule has 1 aliphatic rings. The van der Waals surface area contributed by atoms with E-state index >= 15 is 0 Å². The molecule has 0 aromatic heterocycles. The van der Waals surface area contributed by atoms with Gasteiger partial charge in [-0.15, -0.1) is 0 Å². The summed E-state index contributed by atoms with van der Waals surface area (Å²) >= 11 is 0. The summed E-state index contributed by atoms with van der Waals surface area (Å²) in [5, 5.41) is 12.1. The van der Waals surface area contributed by atoms with Crippen molar-refractivity contribution in [1.82, 2.24) is 10.2 Å². The van der Waals surface area contributed by atoms with Crippen molar-refractivity contribution in [3.8, 4) is 0 Å². The minimum absolute atomic E-state index is 0.170. The number of carbonyl (C=O) groups is 2. The largest absolute Gasteiger partial charge is 0.481 e. The number of urea groups is 1. The molecule has 0 aliphatic heterocycles. The van der Waals surface area contributed by atoms with Gasteiger partial charge in [-0.1, -0.05) is 26.2 Å². The molecule has 0 atom stereocenters. The zero-order valence-electron chi connectivity index (χ0n) is 11.4. The van der Waals surface area contributed by atoms with Crippen LogP contribution in [0, 0.1) is 5.41 Å². The summed E-state index contributed by atoms with van der Waals surface area (Å²) in [4.78, 5) is 24.7. The Bertz CT molecular complexity index is 299. The third-order valence-corrected chi connectivity index (χ3v) is 3.79. The first kappa shape index (κ1) is 14.8. The van der Waals surface area contributed by atoms with Gasteiger partial charge in [0.1, 0.15) is 0 Å². The van der Waals surface area contributed by atoms with Gasteiger partial charge < -0.3 is 15.3 Å².